The monoisotopic (exact) mass is 429 g/mol. The lowest BCUT2D eigenvalue weighted by Gasteiger charge is -2.35. The van der Waals surface area contributed by atoms with Gasteiger partial charge in [-0.3, -0.25) is 0 Å². The lowest BCUT2D eigenvalue weighted by atomic mass is 10.2. The molecule has 0 saturated carbocycles. The van der Waals surface area contributed by atoms with E-state index in [0.29, 0.717) is 23.8 Å². The third-order valence-electron chi connectivity index (χ3n) is 5.31. The van der Waals surface area contributed by atoms with Crippen molar-refractivity contribution in [2.75, 3.05) is 36.4 Å². The van der Waals surface area contributed by atoms with Gasteiger partial charge in [-0.05, 0) is 37.6 Å². The van der Waals surface area contributed by atoms with Crippen molar-refractivity contribution in [1.82, 2.24) is 14.9 Å². The first-order chi connectivity index (χ1) is 14.0. The number of piperazine rings is 1. The van der Waals surface area contributed by atoms with Crippen LogP contribution in [-0.2, 0) is 6.42 Å². The standard InChI is InChI=1S/C21H24ClN5OS/c1-4-17-24-19(18-13(2)14(3)29-20(18)25-17)26-8-10-27(11-9-26)21(28)23-16-7-5-6-15(22)12-16/h5-7,12H,4,8-11H2,1-3H3,(H,23,28). The summed E-state index contributed by atoms with van der Waals surface area (Å²) in [4.78, 5) is 28.7. The number of amides is 2. The molecule has 3 aromatic rings. The summed E-state index contributed by atoms with van der Waals surface area (Å²) in [6, 6.07) is 7.10. The molecule has 1 fully saturated rings. The molecule has 6 nitrogen and oxygen atoms in total. The second-order valence-electron chi connectivity index (χ2n) is 7.19. The number of halogens is 1. The zero-order valence-electron chi connectivity index (χ0n) is 16.8. The minimum Gasteiger partial charge on any atom is -0.352 e. The number of fused-ring (bicyclic) bond motifs is 1. The Hall–Kier alpha value is -2.38. The summed E-state index contributed by atoms with van der Waals surface area (Å²) in [5.74, 6) is 1.87. The minimum absolute atomic E-state index is 0.100. The highest BCUT2D eigenvalue weighted by atomic mass is 35.5. The number of carbonyl (C=O) groups is 1. The molecule has 1 aliphatic rings. The number of hydrogen-bond acceptors (Lipinski definition) is 5. The predicted molar refractivity (Wildman–Crippen MR) is 121 cm³/mol. The number of nitrogens with one attached hydrogen (secondary N) is 1. The molecule has 0 unspecified atom stereocenters. The lowest BCUT2D eigenvalue weighted by molar-refractivity contribution is 0.208. The van der Waals surface area contributed by atoms with Gasteiger partial charge in [-0.2, -0.15) is 0 Å². The van der Waals surface area contributed by atoms with Gasteiger partial charge in [-0.1, -0.05) is 24.6 Å². The van der Waals surface area contributed by atoms with Crippen LogP contribution in [0.25, 0.3) is 10.2 Å². The van der Waals surface area contributed by atoms with Crippen LogP contribution in [0, 0.1) is 13.8 Å². The summed E-state index contributed by atoms with van der Waals surface area (Å²) in [6.07, 6.45) is 0.806. The van der Waals surface area contributed by atoms with E-state index in [1.54, 1.807) is 23.5 Å². The Morgan fingerprint density at radius 1 is 1.21 bits per heavy atom. The summed E-state index contributed by atoms with van der Waals surface area (Å²) in [7, 11) is 0. The maximum absolute atomic E-state index is 12.6. The fraction of sp³-hybridized carbons (Fsp3) is 0.381. The SMILES string of the molecule is CCc1nc(N2CCN(C(=O)Nc3cccc(Cl)c3)CC2)c2c(C)c(C)sc2n1. The summed E-state index contributed by atoms with van der Waals surface area (Å²) in [6.45, 7) is 9.12. The van der Waals surface area contributed by atoms with Gasteiger partial charge in [0.1, 0.15) is 16.5 Å². The van der Waals surface area contributed by atoms with E-state index in [1.165, 1.54) is 10.4 Å². The van der Waals surface area contributed by atoms with Crippen molar-refractivity contribution >= 4 is 50.7 Å². The lowest BCUT2D eigenvalue weighted by Crippen LogP contribution is -2.50. The summed E-state index contributed by atoms with van der Waals surface area (Å²) in [5, 5.41) is 4.69. The van der Waals surface area contributed by atoms with Gasteiger partial charge in [-0.25, -0.2) is 14.8 Å². The Balaban J connectivity index is 1.50. The number of urea groups is 1. The van der Waals surface area contributed by atoms with Gasteiger partial charge in [-0.15, -0.1) is 11.3 Å². The molecule has 0 bridgehead atoms. The number of anilines is 2. The zero-order chi connectivity index (χ0) is 20.5. The minimum atomic E-state index is -0.100. The first-order valence-corrected chi connectivity index (χ1v) is 11.0. The molecule has 0 spiro atoms. The number of nitrogens with zero attached hydrogens (tertiary/aromatic N) is 4. The van der Waals surface area contributed by atoms with Gasteiger partial charge in [0.2, 0.25) is 0 Å². The average molecular weight is 430 g/mol. The Bertz CT molecular complexity index is 1060. The van der Waals surface area contributed by atoms with Crippen LogP contribution in [0.1, 0.15) is 23.2 Å². The molecule has 1 saturated heterocycles. The van der Waals surface area contributed by atoms with Crippen LogP contribution in [0.5, 0.6) is 0 Å². The molecule has 1 aliphatic heterocycles. The molecule has 2 amide bonds. The highest BCUT2D eigenvalue weighted by Gasteiger charge is 2.25. The Morgan fingerprint density at radius 3 is 2.66 bits per heavy atom. The normalized spacial score (nSPS) is 14.5. The molecule has 1 aromatic carbocycles. The quantitative estimate of drug-likeness (QED) is 0.644. The first-order valence-electron chi connectivity index (χ1n) is 9.79. The maximum atomic E-state index is 12.6. The van der Waals surface area contributed by atoms with E-state index < -0.39 is 0 Å². The van der Waals surface area contributed by atoms with E-state index in [-0.39, 0.29) is 6.03 Å². The molecule has 8 heteroatoms. The number of benzene rings is 1. The van der Waals surface area contributed by atoms with Crippen LogP contribution in [0.2, 0.25) is 5.02 Å². The highest BCUT2D eigenvalue weighted by Crippen LogP contribution is 2.35. The topological polar surface area (TPSA) is 61.4 Å². The Kier molecular flexibility index (Phi) is 5.61. The molecule has 0 atom stereocenters. The van der Waals surface area contributed by atoms with Gasteiger partial charge in [0.15, 0.2) is 0 Å². The van der Waals surface area contributed by atoms with Crippen LogP contribution in [-0.4, -0.2) is 47.1 Å². The van der Waals surface area contributed by atoms with E-state index in [1.807, 2.05) is 17.0 Å². The molecule has 29 heavy (non-hydrogen) atoms. The number of aryl methyl sites for hydroxylation is 3. The van der Waals surface area contributed by atoms with Gasteiger partial charge in [0.25, 0.3) is 0 Å². The van der Waals surface area contributed by atoms with E-state index in [2.05, 4.69) is 31.0 Å². The average Bonchev–Trinajstić information content (AvgIpc) is 3.01. The van der Waals surface area contributed by atoms with Gasteiger partial charge in [0, 0.05) is 48.2 Å². The summed E-state index contributed by atoms with van der Waals surface area (Å²) < 4.78 is 0. The van der Waals surface area contributed by atoms with E-state index in [0.717, 1.165) is 41.4 Å². The van der Waals surface area contributed by atoms with Crippen molar-refractivity contribution in [3.05, 3.63) is 45.6 Å². The molecule has 152 valence electrons. The molecule has 0 radical (unpaired) electrons. The second kappa shape index (κ2) is 8.16. The van der Waals surface area contributed by atoms with Crippen molar-refractivity contribution in [3.63, 3.8) is 0 Å². The molecular formula is C21H24ClN5OS. The molecule has 4 rings (SSSR count). The third kappa shape index (κ3) is 4.02. The van der Waals surface area contributed by atoms with Crippen LogP contribution in [0.4, 0.5) is 16.3 Å². The summed E-state index contributed by atoms with van der Waals surface area (Å²) in [5.41, 5.74) is 1.96. The summed E-state index contributed by atoms with van der Waals surface area (Å²) >= 11 is 7.74. The van der Waals surface area contributed by atoms with Crippen molar-refractivity contribution in [3.8, 4) is 0 Å². The number of aromatic nitrogens is 2. The van der Waals surface area contributed by atoms with Crippen molar-refractivity contribution in [1.29, 1.82) is 0 Å². The smallest absolute Gasteiger partial charge is 0.321 e. The fourth-order valence-electron chi connectivity index (χ4n) is 3.55. The molecule has 0 aliphatic carbocycles. The highest BCUT2D eigenvalue weighted by molar-refractivity contribution is 7.18. The molecule has 3 heterocycles. The fourth-order valence-corrected chi connectivity index (χ4v) is 4.78. The molecule has 2 aromatic heterocycles. The Labute approximate surface area is 179 Å². The van der Waals surface area contributed by atoms with Crippen LogP contribution in [0.15, 0.2) is 24.3 Å². The molecular weight excluding hydrogens is 406 g/mol. The number of hydrogen-bond donors (Lipinski definition) is 1. The third-order valence-corrected chi connectivity index (χ3v) is 6.65. The van der Waals surface area contributed by atoms with Gasteiger partial charge < -0.3 is 15.1 Å². The van der Waals surface area contributed by atoms with Gasteiger partial charge in [0.05, 0.1) is 5.39 Å². The predicted octanol–water partition coefficient (Wildman–Crippen LogP) is 4.88. The molecule has 1 N–H and O–H groups in total. The van der Waals surface area contributed by atoms with Crippen molar-refractivity contribution in [2.24, 2.45) is 0 Å². The first kappa shape index (κ1) is 19.9. The van der Waals surface area contributed by atoms with Gasteiger partial charge >= 0.3 is 6.03 Å². The van der Waals surface area contributed by atoms with Crippen molar-refractivity contribution < 1.29 is 4.79 Å². The second-order valence-corrected chi connectivity index (χ2v) is 8.83. The maximum Gasteiger partial charge on any atom is 0.321 e. The van der Waals surface area contributed by atoms with Crippen LogP contribution < -0.4 is 10.2 Å². The number of rotatable bonds is 3. The number of thiophene rings is 1. The van der Waals surface area contributed by atoms with Crippen LogP contribution >= 0.6 is 22.9 Å². The van der Waals surface area contributed by atoms with E-state index >= 15 is 0 Å². The zero-order valence-corrected chi connectivity index (χ0v) is 18.4. The van der Waals surface area contributed by atoms with E-state index in [4.69, 9.17) is 21.6 Å². The van der Waals surface area contributed by atoms with E-state index in [9.17, 15) is 4.79 Å². The number of carbonyl (C=O) groups excluding carboxylic acids is 1. The van der Waals surface area contributed by atoms with Crippen LogP contribution in [0.3, 0.4) is 0 Å². The van der Waals surface area contributed by atoms with Crippen molar-refractivity contribution in [2.45, 2.75) is 27.2 Å². The Morgan fingerprint density at radius 2 is 1.97 bits per heavy atom. The largest absolute Gasteiger partial charge is 0.352 e.